The quantitative estimate of drug-likeness (QED) is 0.0616. The van der Waals surface area contributed by atoms with Crippen LogP contribution in [0.5, 0.6) is 0 Å². The summed E-state index contributed by atoms with van der Waals surface area (Å²) in [6.45, 7) is 15.2. The molecule has 1 rings (SSSR count). The number of likely N-dealkylation sites (tertiary alicyclic amines) is 1. The molecule has 282 valence electrons. The van der Waals surface area contributed by atoms with Crippen LogP contribution in [-0.4, -0.2) is 101 Å². The highest BCUT2D eigenvalue weighted by atomic mass is 16.5. The predicted molar refractivity (Wildman–Crippen MR) is 208 cm³/mol. The van der Waals surface area contributed by atoms with Gasteiger partial charge in [-0.1, -0.05) is 155 Å². The van der Waals surface area contributed by atoms with Gasteiger partial charge in [-0.05, 0) is 72.4 Å². The molecule has 0 unspecified atom stereocenters. The Morgan fingerprint density at radius 2 is 0.809 bits per heavy atom. The topological polar surface area (TPSA) is 28.2 Å². The van der Waals surface area contributed by atoms with E-state index >= 15 is 0 Å². The van der Waals surface area contributed by atoms with Crippen molar-refractivity contribution in [1.29, 1.82) is 0 Å². The maximum absolute atomic E-state index is 6.12. The number of unbranched alkanes of at least 4 members (excludes halogenated alkanes) is 22. The van der Waals surface area contributed by atoms with Gasteiger partial charge in [0.2, 0.25) is 0 Å². The zero-order valence-electron chi connectivity index (χ0n) is 32.9. The van der Waals surface area contributed by atoms with Gasteiger partial charge >= 0.3 is 0 Å². The minimum absolute atomic E-state index is 0.771. The van der Waals surface area contributed by atoms with Crippen molar-refractivity contribution in [3.05, 3.63) is 0 Å². The fourth-order valence-corrected chi connectivity index (χ4v) is 7.19. The van der Waals surface area contributed by atoms with E-state index in [0.717, 1.165) is 52.1 Å². The second-order valence-corrected chi connectivity index (χ2v) is 15.2. The Morgan fingerprint density at radius 3 is 1.17 bits per heavy atom. The van der Waals surface area contributed by atoms with E-state index in [2.05, 4.69) is 42.6 Å². The lowest BCUT2D eigenvalue weighted by molar-refractivity contribution is 0.0690. The van der Waals surface area contributed by atoms with Crippen LogP contribution in [0.3, 0.4) is 0 Å². The molecule has 5 nitrogen and oxygen atoms in total. The van der Waals surface area contributed by atoms with E-state index in [0.29, 0.717) is 0 Å². The van der Waals surface area contributed by atoms with E-state index < -0.39 is 0 Å². The molecule has 0 spiro atoms. The predicted octanol–water partition coefficient (Wildman–Crippen LogP) is 11.1. The Bertz CT molecular complexity index is 562. The number of ether oxygens (including phenoxy) is 2. The Balaban J connectivity index is 2.10. The van der Waals surface area contributed by atoms with Crippen LogP contribution in [0.2, 0.25) is 0 Å². The van der Waals surface area contributed by atoms with Crippen molar-refractivity contribution in [3.63, 3.8) is 0 Å². The SMILES string of the molecule is CCCCCCCCCCCCCCOCCN(CCCN1CCC(N(C)C)CC1)CCOCCCCCCCCCCCCCC. The Labute approximate surface area is 296 Å². The van der Waals surface area contributed by atoms with Crippen molar-refractivity contribution in [1.82, 2.24) is 14.7 Å². The summed E-state index contributed by atoms with van der Waals surface area (Å²) in [5.74, 6) is 0. The van der Waals surface area contributed by atoms with Crippen LogP contribution in [-0.2, 0) is 9.47 Å². The van der Waals surface area contributed by atoms with Crippen LogP contribution >= 0.6 is 0 Å². The van der Waals surface area contributed by atoms with Crippen molar-refractivity contribution in [2.75, 3.05) is 79.8 Å². The Kier molecular flexibility index (Phi) is 34.0. The van der Waals surface area contributed by atoms with Crippen LogP contribution in [0, 0.1) is 0 Å². The fourth-order valence-electron chi connectivity index (χ4n) is 7.19. The molecule has 0 saturated carbocycles. The van der Waals surface area contributed by atoms with Gasteiger partial charge in [0.15, 0.2) is 0 Å². The fraction of sp³-hybridized carbons (Fsp3) is 1.00. The molecule has 0 aromatic carbocycles. The monoisotopic (exact) mass is 666 g/mol. The Hall–Kier alpha value is -0.200. The molecule has 0 amide bonds. The molecule has 0 N–H and O–H groups in total. The summed E-state index contributed by atoms with van der Waals surface area (Å²) in [5, 5.41) is 0. The van der Waals surface area contributed by atoms with Crippen LogP contribution in [0.15, 0.2) is 0 Å². The highest BCUT2D eigenvalue weighted by Crippen LogP contribution is 2.15. The average Bonchev–Trinajstić information content (AvgIpc) is 3.08. The minimum Gasteiger partial charge on any atom is -0.380 e. The standard InChI is InChI=1S/C42H87N3O2/c1-5-7-9-11-13-15-17-19-21-23-25-27-38-46-40-36-45(33-29-32-44-34-30-42(31-35-44)43(3)4)37-41-47-39-28-26-24-22-20-18-16-14-12-10-8-6-2/h42H,5-41H2,1-4H3. The first-order chi connectivity index (χ1) is 23.2. The van der Waals surface area contributed by atoms with Crippen molar-refractivity contribution in [3.8, 4) is 0 Å². The van der Waals surface area contributed by atoms with Gasteiger partial charge in [0.25, 0.3) is 0 Å². The van der Waals surface area contributed by atoms with Crippen LogP contribution in [0.4, 0.5) is 0 Å². The van der Waals surface area contributed by atoms with Crippen molar-refractivity contribution in [2.45, 2.75) is 193 Å². The molecule has 1 fully saturated rings. The summed E-state index contributed by atoms with van der Waals surface area (Å²) < 4.78 is 12.2. The van der Waals surface area contributed by atoms with Gasteiger partial charge in [0.05, 0.1) is 13.2 Å². The normalized spacial score (nSPS) is 14.7. The second-order valence-electron chi connectivity index (χ2n) is 15.2. The third-order valence-corrected chi connectivity index (χ3v) is 10.6. The zero-order chi connectivity index (χ0) is 33.9. The van der Waals surface area contributed by atoms with Crippen LogP contribution in [0.1, 0.15) is 187 Å². The molecule has 1 aliphatic rings. The van der Waals surface area contributed by atoms with Crippen molar-refractivity contribution >= 4 is 0 Å². The molecule has 0 atom stereocenters. The molecule has 0 aromatic heterocycles. The molecule has 1 heterocycles. The average molecular weight is 666 g/mol. The van der Waals surface area contributed by atoms with Gasteiger partial charge in [0, 0.05) is 32.3 Å². The maximum atomic E-state index is 6.12. The Morgan fingerprint density at radius 1 is 0.447 bits per heavy atom. The number of rotatable bonds is 37. The van der Waals surface area contributed by atoms with E-state index in [1.165, 1.54) is 193 Å². The molecule has 47 heavy (non-hydrogen) atoms. The summed E-state index contributed by atoms with van der Waals surface area (Å²) in [4.78, 5) is 7.71. The number of nitrogens with zero attached hydrogens (tertiary/aromatic N) is 3. The molecule has 0 bridgehead atoms. The van der Waals surface area contributed by atoms with Crippen molar-refractivity contribution in [2.24, 2.45) is 0 Å². The van der Waals surface area contributed by atoms with E-state index in [9.17, 15) is 0 Å². The molecular weight excluding hydrogens is 578 g/mol. The van der Waals surface area contributed by atoms with Gasteiger partial charge in [-0.25, -0.2) is 0 Å². The number of hydrogen-bond donors (Lipinski definition) is 0. The molecule has 5 heteroatoms. The number of piperidine rings is 1. The number of hydrogen-bond acceptors (Lipinski definition) is 5. The molecule has 0 aromatic rings. The highest BCUT2D eigenvalue weighted by molar-refractivity contribution is 4.77. The second kappa shape index (κ2) is 35.6. The lowest BCUT2D eigenvalue weighted by Crippen LogP contribution is -2.43. The first kappa shape index (κ1) is 44.8. The molecule has 0 aliphatic carbocycles. The summed E-state index contributed by atoms with van der Waals surface area (Å²) in [7, 11) is 4.47. The first-order valence-electron chi connectivity index (χ1n) is 21.4. The van der Waals surface area contributed by atoms with Crippen molar-refractivity contribution < 1.29 is 9.47 Å². The van der Waals surface area contributed by atoms with E-state index in [-0.39, 0.29) is 0 Å². The van der Waals surface area contributed by atoms with Gasteiger partial charge < -0.3 is 19.3 Å². The van der Waals surface area contributed by atoms with E-state index in [1.807, 2.05) is 0 Å². The maximum Gasteiger partial charge on any atom is 0.0593 e. The van der Waals surface area contributed by atoms with Gasteiger partial charge in [-0.2, -0.15) is 0 Å². The minimum atomic E-state index is 0.771. The highest BCUT2D eigenvalue weighted by Gasteiger charge is 2.20. The van der Waals surface area contributed by atoms with Gasteiger partial charge in [-0.3, -0.25) is 4.90 Å². The lowest BCUT2D eigenvalue weighted by Gasteiger charge is -2.35. The van der Waals surface area contributed by atoms with Gasteiger partial charge in [0.1, 0.15) is 0 Å². The van der Waals surface area contributed by atoms with Crippen LogP contribution < -0.4 is 0 Å². The van der Waals surface area contributed by atoms with Crippen LogP contribution in [0.25, 0.3) is 0 Å². The summed E-state index contributed by atoms with van der Waals surface area (Å²) in [6.07, 6.45) is 37.5. The summed E-state index contributed by atoms with van der Waals surface area (Å²) >= 11 is 0. The van der Waals surface area contributed by atoms with E-state index in [1.54, 1.807) is 0 Å². The third-order valence-electron chi connectivity index (χ3n) is 10.6. The molecule has 0 radical (unpaired) electrons. The molecule has 1 saturated heterocycles. The molecular formula is C42H87N3O2. The third kappa shape index (κ3) is 30.4. The summed E-state index contributed by atoms with van der Waals surface area (Å²) in [6, 6.07) is 0.771. The lowest BCUT2D eigenvalue weighted by atomic mass is 10.0. The van der Waals surface area contributed by atoms with E-state index in [4.69, 9.17) is 9.47 Å². The first-order valence-corrected chi connectivity index (χ1v) is 21.4. The largest absolute Gasteiger partial charge is 0.380 e. The van der Waals surface area contributed by atoms with Gasteiger partial charge in [-0.15, -0.1) is 0 Å². The zero-order valence-corrected chi connectivity index (χ0v) is 32.9. The summed E-state index contributed by atoms with van der Waals surface area (Å²) in [5.41, 5.74) is 0. The molecule has 1 aliphatic heterocycles. The smallest absolute Gasteiger partial charge is 0.0593 e.